The van der Waals surface area contributed by atoms with Gasteiger partial charge in [0.2, 0.25) is 11.9 Å². The summed E-state index contributed by atoms with van der Waals surface area (Å²) in [6.45, 7) is 2.97. The Balaban J connectivity index is 1.26. The van der Waals surface area contributed by atoms with Crippen LogP contribution in [0.3, 0.4) is 0 Å². The summed E-state index contributed by atoms with van der Waals surface area (Å²) in [7, 11) is 0. The zero-order chi connectivity index (χ0) is 28.4. The molecule has 4 rings (SSSR count). The first-order valence-electron chi connectivity index (χ1n) is 12.8. The zero-order valence-electron chi connectivity index (χ0n) is 21.2. The van der Waals surface area contributed by atoms with Crippen molar-refractivity contribution in [3.05, 3.63) is 18.0 Å². The van der Waals surface area contributed by atoms with E-state index in [1.807, 2.05) is 5.43 Å². The van der Waals surface area contributed by atoms with Crippen molar-refractivity contribution in [2.24, 2.45) is 5.92 Å². The molecule has 3 N–H and O–H groups in total. The van der Waals surface area contributed by atoms with E-state index in [1.165, 1.54) is 0 Å². The maximum atomic E-state index is 13.4. The lowest BCUT2D eigenvalue weighted by Gasteiger charge is -2.42. The molecule has 218 valence electrons. The van der Waals surface area contributed by atoms with Gasteiger partial charge in [0.25, 0.3) is 5.91 Å². The lowest BCUT2D eigenvalue weighted by Crippen LogP contribution is -2.65. The van der Waals surface area contributed by atoms with Gasteiger partial charge in [-0.1, -0.05) is 0 Å². The van der Waals surface area contributed by atoms with Crippen molar-refractivity contribution >= 4 is 17.8 Å². The summed E-state index contributed by atoms with van der Waals surface area (Å²) in [6, 6.07) is -1.82. The smallest absolute Gasteiger partial charge is 0.367 e. The number of likely N-dealkylation sites (tertiary alicyclic amines) is 1. The summed E-state index contributed by atoms with van der Waals surface area (Å²) in [5.74, 6) is -3.35. The number of hydrazine groups is 1. The standard InChI is InChI=1S/C23H31F6N7O3/c1-13(33-16-11-32-34-19(37)18(16)23(27,28)29)12-39-17-3-2-6-36(20(17)38)15-4-7-35(8-5-15)21-30-9-14(10-31-21)22(24,25)26/h9-10,13,15-18,32-33H,2-8,11-12H2,1H3,(H,34,37)/t13-,16?,17-,18?/m0/s1. The molecular weight excluding hydrogens is 536 g/mol. The lowest BCUT2D eigenvalue weighted by atomic mass is 9.96. The summed E-state index contributed by atoms with van der Waals surface area (Å²) in [4.78, 5) is 36.1. The molecule has 0 saturated carbocycles. The van der Waals surface area contributed by atoms with Gasteiger partial charge in [-0.05, 0) is 32.6 Å². The third-order valence-corrected chi connectivity index (χ3v) is 7.19. The molecule has 0 radical (unpaired) electrons. The van der Waals surface area contributed by atoms with Crippen molar-refractivity contribution in [3.8, 4) is 0 Å². The number of halogens is 6. The summed E-state index contributed by atoms with van der Waals surface area (Å²) < 4.78 is 84.2. The van der Waals surface area contributed by atoms with Gasteiger partial charge in [-0.15, -0.1) is 0 Å². The second-order valence-electron chi connectivity index (χ2n) is 10.0. The molecule has 3 saturated heterocycles. The number of alkyl halides is 6. The molecule has 16 heteroatoms. The average Bonchev–Trinajstić information content (AvgIpc) is 2.87. The van der Waals surface area contributed by atoms with E-state index < -0.39 is 47.9 Å². The van der Waals surface area contributed by atoms with Crippen molar-refractivity contribution < 1.29 is 40.7 Å². The minimum absolute atomic E-state index is 0.0172. The van der Waals surface area contributed by atoms with Gasteiger partial charge in [0.1, 0.15) is 6.10 Å². The number of piperidine rings is 2. The second-order valence-corrected chi connectivity index (χ2v) is 10.0. The number of hydrogen-bond donors (Lipinski definition) is 3. The quantitative estimate of drug-likeness (QED) is 0.427. The maximum absolute atomic E-state index is 13.4. The van der Waals surface area contributed by atoms with Crippen molar-refractivity contribution in [3.63, 3.8) is 0 Å². The fraction of sp³-hybridized carbons (Fsp3) is 0.739. The number of hydrogen-bond acceptors (Lipinski definition) is 8. The van der Waals surface area contributed by atoms with Crippen LogP contribution in [0.1, 0.15) is 38.2 Å². The van der Waals surface area contributed by atoms with Gasteiger partial charge < -0.3 is 19.9 Å². The van der Waals surface area contributed by atoms with Crippen LogP contribution in [-0.4, -0.2) is 89.9 Å². The molecule has 0 aromatic carbocycles. The van der Waals surface area contributed by atoms with Gasteiger partial charge in [-0.2, -0.15) is 26.3 Å². The van der Waals surface area contributed by atoms with Crippen LogP contribution in [-0.2, 0) is 20.5 Å². The van der Waals surface area contributed by atoms with Crippen molar-refractivity contribution in [1.29, 1.82) is 0 Å². The molecule has 3 aliphatic heterocycles. The Morgan fingerprint density at radius 3 is 2.36 bits per heavy atom. The number of nitrogens with one attached hydrogen (secondary N) is 3. The van der Waals surface area contributed by atoms with Crippen LogP contribution in [0, 0.1) is 5.92 Å². The monoisotopic (exact) mass is 567 g/mol. The summed E-state index contributed by atoms with van der Waals surface area (Å²) in [5, 5.41) is 2.79. The van der Waals surface area contributed by atoms with E-state index in [0.29, 0.717) is 45.3 Å². The van der Waals surface area contributed by atoms with E-state index in [4.69, 9.17) is 4.74 Å². The highest BCUT2D eigenvalue weighted by Crippen LogP contribution is 2.31. The largest absolute Gasteiger partial charge is 0.419 e. The van der Waals surface area contributed by atoms with Crippen LogP contribution in [0.4, 0.5) is 32.3 Å². The summed E-state index contributed by atoms with van der Waals surface area (Å²) >= 11 is 0. The van der Waals surface area contributed by atoms with Crippen LogP contribution < -0.4 is 21.1 Å². The van der Waals surface area contributed by atoms with Gasteiger partial charge >= 0.3 is 12.4 Å². The number of anilines is 1. The number of aromatic nitrogens is 2. The molecule has 0 bridgehead atoms. The van der Waals surface area contributed by atoms with Gasteiger partial charge in [-0.3, -0.25) is 15.0 Å². The fourth-order valence-corrected chi connectivity index (χ4v) is 5.22. The fourth-order valence-electron chi connectivity index (χ4n) is 5.22. The number of amides is 2. The zero-order valence-corrected chi connectivity index (χ0v) is 21.2. The average molecular weight is 568 g/mol. The molecule has 39 heavy (non-hydrogen) atoms. The van der Waals surface area contributed by atoms with Crippen molar-refractivity contribution in [2.45, 2.75) is 69.2 Å². The molecule has 2 unspecified atom stereocenters. The molecule has 4 heterocycles. The maximum Gasteiger partial charge on any atom is 0.419 e. The van der Waals surface area contributed by atoms with E-state index in [2.05, 4.69) is 20.7 Å². The molecule has 10 nitrogen and oxygen atoms in total. The summed E-state index contributed by atoms with van der Waals surface area (Å²) in [6.07, 6.45) is -6.10. The van der Waals surface area contributed by atoms with Gasteiger partial charge in [0.05, 0.1) is 12.2 Å². The molecular formula is C23H31F6N7O3. The van der Waals surface area contributed by atoms with E-state index in [1.54, 1.807) is 16.7 Å². The topological polar surface area (TPSA) is 112 Å². The van der Waals surface area contributed by atoms with Crippen LogP contribution in [0.25, 0.3) is 0 Å². The van der Waals surface area contributed by atoms with Crippen LogP contribution in [0.15, 0.2) is 12.4 Å². The van der Waals surface area contributed by atoms with E-state index in [9.17, 15) is 35.9 Å². The SMILES string of the molecule is C[C@@H](CO[C@H]1CCCN(C2CCN(c3ncc(C(F)(F)F)cn3)CC2)C1=O)NC1CNNC(=O)C1C(F)(F)F. The van der Waals surface area contributed by atoms with Crippen LogP contribution in [0.5, 0.6) is 0 Å². The number of rotatable bonds is 7. The molecule has 4 atom stereocenters. The van der Waals surface area contributed by atoms with Gasteiger partial charge in [-0.25, -0.2) is 15.4 Å². The molecule has 3 fully saturated rings. The third-order valence-electron chi connectivity index (χ3n) is 7.19. The van der Waals surface area contributed by atoms with E-state index >= 15 is 0 Å². The first-order chi connectivity index (χ1) is 18.3. The van der Waals surface area contributed by atoms with Crippen molar-refractivity contribution in [1.82, 2.24) is 31.0 Å². The second kappa shape index (κ2) is 11.8. The molecule has 3 aliphatic rings. The van der Waals surface area contributed by atoms with E-state index in [0.717, 1.165) is 12.4 Å². The highest BCUT2D eigenvalue weighted by Gasteiger charge is 2.51. The number of ether oxygens (including phenoxy) is 1. The summed E-state index contributed by atoms with van der Waals surface area (Å²) in [5.41, 5.74) is 3.53. The number of carbonyl (C=O) groups is 2. The normalized spacial score (nSPS) is 26.5. The Morgan fingerprint density at radius 1 is 1.08 bits per heavy atom. The third kappa shape index (κ3) is 7.08. The molecule has 2 amide bonds. The highest BCUT2D eigenvalue weighted by atomic mass is 19.4. The Kier molecular flexibility index (Phi) is 8.85. The molecule has 0 aliphatic carbocycles. The molecule has 1 aromatic rings. The van der Waals surface area contributed by atoms with Gasteiger partial charge in [0.15, 0.2) is 5.92 Å². The minimum atomic E-state index is -4.71. The first kappa shape index (κ1) is 29.3. The highest BCUT2D eigenvalue weighted by molar-refractivity contribution is 5.82. The predicted octanol–water partition coefficient (Wildman–Crippen LogP) is 1.63. The Hall–Kier alpha value is -2.72. The van der Waals surface area contributed by atoms with Crippen LogP contribution in [0.2, 0.25) is 0 Å². The lowest BCUT2D eigenvalue weighted by molar-refractivity contribution is -0.193. The molecule has 1 aromatic heterocycles. The first-order valence-corrected chi connectivity index (χ1v) is 12.8. The van der Waals surface area contributed by atoms with E-state index in [-0.39, 0.29) is 31.0 Å². The molecule has 0 spiro atoms. The van der Waals surface area contributed by atoms with Gasteiger partial charge in [0, 0.05) is 56.7 Å². The van der Waals surface area contributed by atoms with Crippen molar-refractivity contribution in [2.75, 3.05) is 37.7 Å². The minimum Gasteiger partial charge on any atom is -0.367 e. The Morgan fingerprint density at radius 2 is 1.74 bits per heavy atom. The number of nitrogens with zero attached hydrogens (tertiary/aromatic N) is 4. The number of carbonyl (C=O) groups excluding carboxylic acids is 2. The van der Waals surface area contributed by atoms with Crippen LogP contribution >= 0.6 is 0 Å². The predicted molar refractivity (Wildman–Crippen MR) is 125 cm³/mol. The Bertz CT molecular complexity index is 1000. The Labute approximate surface area is 220 Å².